The van der Waals surface area contributed by atoms with Crippen molar-refractivity contribution in [3.05, 3.63) is 53.2 Å². The predicted octanol–water partition coefficient (Wildman–Crippen LogP) is 6.01. The van der Waals surface area contributed by atoms with Gasteiger partial charge >= 0.3 is 0 Å². The fraction of sp³-hybridized carbons (Fsp3) is 0.542. The Bertz CT molecular complexity index is 758. The Balaban J connectivity index is 2.02. The zero-order valence-corrected chi connectivity index (χ0v) is 16.9. The van der Waals surface area contributed by atoms with E-state index in [2.05, 4.69) is 82.8 Å². The topological polar surface area (TPSA) is 3.88 Å². The normalized spacial score (nSPS) is 17.5. The first kappa shape index (κ1) is 18.2. The summed E-state index contributed by atoms with van der Waals surface area (Å²) in [7, 11) is 2.20. The monoisotopic (exact) mass is 336 g/mol. The summed E-state index contributed by atoms with van der Waals surface area (Å²) in [5, 5.41) is 0. The average Bonchev–Trinajstić information content (AvgIpc) is 2.55. The third-order valence-electron chi connectivity index (χ3n) is 6.17. The van der Waals surface area contributed by atoms with Gasteiger partial charge in [-0.3, -0.25) is 0 Å². The molecule has 3 rings (SSSR count). The number of hydrogen-bond acceptors (Lipinski definition) is 0. The summed E-state index contributed by atoms with van der Waals surface area (Å²) in [5.74, 6) is 0. The van der Waals surface area contributed by atoms with Crippen molar-refractivity contribution in [2.24, 2.45) is 7.05 Å². The van der Waals surface area contributed by atoms with Crippen LogP contribution in [0, 0.1) is 6.92 Å². The zero-order chi connectivity index (χ0) is 18.2. The number of aromatic nitrogens is 1. The Morgan fingerprint density at radius 3 is 2.24 bits per heavy atom. The minimum absolute atomic E-state index is 0.177. The summed E-state index contributed by atoms with van der Waals surface area (Å²) < 4.78 is 2.34. The molecule has 1 aliphatic rings. The lowest BCUT2D eigenvalue weighted by Crippen LogP contribution is -2.35. The molecule has 134 valence electrons. The van der Waals surface area contributed by atoms with Crippen LogP contribution in [0.2, 0.25) is 0 Å². The summed E-state index contributed by atoms with van der Waals surface area (Å²) in [6.45, 7) is 11.5. The van der Waals surface area contributed by atoms with Gasteiger partial charge in [-0.15, -0.1) is 0 Å². The molecule has 1 heteroatoms. The number of aryl methyl sites for hydroxylation is 2. The van der Waals surface area contributed by atoms with Crippen LogP contribution < -0.4 is 4.57 Å². The minimum Gasteiger partial charge on any atom is -0.201 e. The van der Waals surface area contributed by atoms with Gasteiger partial charge in [0.25, 0.3) is 0 Å². The molecule has 0 radical (unpaired) electrons. The number of nitrogens with zero attached hydrogens (tertiary/aromatic N) is 1. The molecule has 0 amide bonds. The zero-order valence-electron chi connectivity index (χ0n) is 16.9. The molecule has 0 atom stereocenters. The van der Waals surface area contributed by atoms with E-state index in [0.717, 1.165) is 0 Å². The summed E-state index contributed by atoms with van der Waals surface area (Å²) in [6, 6.07) is 11.6. The fourth-order valence-electron chi connectivity index (χ4n) is 4.23. The number of benzene rings is 1. The Hall–Kier alpha value is -1.63. The van der Waals surface area contributed by atoms with Crippen LogP contribution in [-0.2, 0) is 17.9 Å². The summed E-state index contributed by atoms with van der Waals surface area (Å²) in [6.07, 6.45) is 9.17. The van der Waals surface area contributed by atoms with Crippen molar-refractivity contribution < 1.29 is 4.57 Å². The molecule has 25 heavy (non-hydrogen) atoms. The maximum Gasteiger partial charge on any atom is 0.212 e. The molecule has 0 saturated heterocycles. The second kappa shape index (κ2) is 6.59. The van der Waals surface area contributed by atoms with Gasteiger partial charge in [0.05, 0.1) is 0 Å². The van der Waals surface area contributed by atoms with Crippen LogP contribution in [-0.4, -0.2) is 0 Å². The van der Waals surface area contributed by atoms with E-state index in [1.165, 1.54) is 60.1 Å². The van der Waals surface area contributed by atoms with Crippen molar-refractivity contribution in [2.45, 2.75) is 77.6 Å². The van der Waals surface area contributed by atoms with E-state index in [4.69, 9.17) is 0 Å². The van der Waals surface area contributed by atoms with Gasteiger partial charge in [0.15, 0.2) is 6.20 Å². The van der Waals surface area contributed by atoms with Gasteiger partial charge in [0.1, 0.15) is 7.05 Å². The lowest BCUT2D eigenvalue weighted by Gasteiger charge is -2.33. The summed E-state index contributed by atoms with van der Waals surface area (Å²) in [4.78, 5) is 0. The molecule has 0 aliphatic heterocycles. The van der Waals surface area contributed by atoms with Gasteiger partial charge in [0, 0.05) is 17.2 Å². The molecule has 1 aromatic carbocycles. The number of pyridine rings is 1. The fourth-order valence-corrected chi connectivity index (χ4v) is 4.23. The van der Waals surface area contributed by atoms with Crippen molar-refractivity contribution in [2.75, 3.05) is 0 Å². The summed E-state index contributed by atoms with van der Waals surface area (Å²) in [5.41, 5.74) is 7.45. The Kier molecular flexibility index (Phi) is 4.79. The highest BCUT2D eigenvalue weighted by Crippen LogP contribution is 2.39. The third kappa shape index (κ3) is 3.66. The van der Waals surface area contributed by atoms with Crippen LogP contribution >= 0.6 is 0 Å². The molecular weight excluding hydrogens is 302 g/mol. The quantitative estimate of drug-likeness (QED) is 0.592. The van der Waals surface area contributed by atoms with Gasteiger partial charge in [0.2, 0.25) is 5.69 Å². The highest BCUT2D eigenvalue weighted by Gasteiger charge is 2.31. The molecule has 1 saturated carbocycles. The van der Waals surface area contributed by atoms with E-state index in [-0.39, 0.29) is 5.41 Å². The summed E-state index contributed by atoms with van der Waals surface area (Å²) >= 11 is 0. The van der Waals surface area contributed by atoms with Crippen molar-refractivity contribution in [1.29, 1.82) is 0 Å². The molecule has 0 spiro atoms. The number of rotatable bonds is 2. The molecule has 1 aliphatic carbocycles. The molecular formula is C24H34N+. The molecule has 2 aromatic rings. The molecule has 0 bridgehead atoms. The molecule has 0 N–H and O–H groups in total. The lowest BCUT2D eigenvalue weighted by atomic mass is 9.71. The first-order valence-electron chi connectivity index (χ1n) is 9.82. The minimum atomic E-state index is 0.177. The molecule has 0 unspecified atom stereocenters. The largest absolute Gasteiger partial charge is 0.212 e. The maximum absolute atomic E-state index is 2.45. The molecule has 1 heterocycles. The van der Waals surface area contributed by atoms with E-state index < -0.39 is 0 Å². The molecule has 1 fully saturated rings. The Labute approximate surface area is 154 Å². The Morgan fingerprint density at radius 2 is 1.64 bits per heavy atom. The predicted molar refractivity (Wildman–Crippen MR) is 107 cm³/mol. The van der Waals surface area contributed by atoms with Crippen molar-refractivity contribution in [3.63, 3.8) is 0 Å². The highest BCUT2D eigenvalue weighted by atomic mass is 14.9. The van der Waals surface area contributed by atoms with E-state index in [1.54, 1.807) is 0 Å². The first-order valence-corrected chi connectivity index (χ1v) is 9.82. The smallest absolute Gasteiger partial charge is 0.201 e. The van der Waals surface area contributed by atoms with Gasteiger partial charge in [-0.25, -0.2) is 4.57 Å². The van der Waals surface area contributed by atoms with E-state index in [1.807, 2.05) is 0 Å². The van der Waals surface area contributed by atoms with Gasteiger partial charge in [-0.1, -0.05) is 59.1 Å². The van der Waals surface area contributed by atoms with Gasteiger partial charge in [-0.05, 0) is 53.9 Å². The van der Waals surface area contributed by atoms with Gasteiger partial charge in [-0.2, -0.15) is 0 Å². The standard InChI is InChI=1S/C24H34N/c1-18-10-11-19(23(2,3)4)16-21(18)22-13-12-20(17-25(22)6)24(5)14-8-7-9-15-24/h10-13,16-17H,7-9,14-15H2,1-6H3/q+1. The highest BCUT2D eigenvalue weighted by molar-refractivity contribution is 5.62. The van der Waals surface area contributed by atoms with E-state index >= 15 is 0 Å². The third-order valence-corrected chi connectivity index (χ3v) is 6.17. The van der Waals surface area contributed by atoms with Crippen LogP contribution in [0.5, 0.6) is 0 Å². The van der Waals surface area contributed by atoms with Crippen LogP contribution in [0.4, 0.5) is 0 Å². The van der Waals surface area contributed by atoms with Crippen LogP contribution in [0.15, 0.2) is 36.5 Å². The van der Waals surface area contributed by atoms with Crippen molar-refractivity contribution in [1.82, 2.24) is 0 Å². The molecule has 1 aromatic heterocycles. The SMILES string of the molecule is Cc1ccc(C(C)(C)C)cc1-c1ccc(C2(C)CCCCC2)c[n+]1C. The molecule has 1 nitrogen and oxygen atoms in total. The van der Waals surface area contributed by atoms with Gasteiger partial charge < -0.3 is 0 Å². The van der Waals surface area contributed by atoms with Crippen molar-refractivity contribution in [3.8, 4) is 11.3 Å². The van der Waals surface area contributed by atoms with E-state index in [9.17, 15) is 0 Å². The van der Waals surface area contributed by atoms with Crippen LogP contribution in [0.25, 0.3) is 11.3 Å². The maximum atomic E-state index is 2.45. The number of hydrogen-bond donors (Lipinski definition) is 0. The second-order valence-electron chi connectivity index (χ2n) is 9.31. The van der Waals surface area contributed by atoms with E-state index in [0.29, 0.717) is 5.41 Å². The van der Waals surface area contributed by atoms with Crippen LogP contribution in [0.3, 0.4) is 0 Å². The average molecular weight is 337 g/mol. The lowest BCUT2D eigenvalue weighted by molar-refractivity contribution is -0.661. The van der Waals surface area contributed by atoms with Crippen molar-refractivity contribution >= 4 is 0 Å². The van der Waals surface area contributed by atoms with Crippen LogP contribution in [0.1, 0.15) is 76.5 Å². The first-order chi connectivity index (χ1) is 11.7. The Morgan fingerprint density at radius 1 is 0.960 bits per heavy atom. The second-order valence-corrected chi connectivity index (χ2v) is 9.31.